The van der Waals surface area contributed by atoms with E-state index >= 15 is 0 Å². The molecule has 2 saturated carbocycles. The summed E-state index contributed by atoms with van der Waals surface area (Å²) in [7, 11) is -2.95. The van der Waals surface area contributed by atoms with Gasteiger partial charge >= 0.3 is 0 Å². The first kappa shape index (κ1) is 10.4. The van der Waals surface area contributed by atoms with Gasteiger partial charge in [0, 0.05) is 6.04 Å². The second kappa shape index (κ2) is 3.81. The highest BCUT2D eigenvalue weighted by Crippen LogP contribution is 2.32. The lowest BCUT2D eigenvalue weighted by Gasteiger charge is -2.12. The Kier molecular flexibility index (Phi) is 2.84. The molecule has 82 valence electrons. The Morgan fingerprint density at radius 1 is 1.21 bits per heavy atom. The van der Waals surface area contributed by atoms with Crippen LogP contribution in [0.1, 0.15) is 45.4 Å². The van der Waals surface area contributed by atoms with E-state index in [-0.39, 0.29) is 11.3 Å². The van der Waals surface area contributed by atoms with Gasteiger partial charge in [0.05, 0.1) is 5.25 Å². The molecule has 4 heteroatoms. The van der Waals surface area contributed by atoms with Crippen molar-refractivity contribution in [1.29, 1.82) is 0 Å². The molecule has 0 spiro atoms. The Morgan fingerprint density at radius 3 is 2.43 bits per heavy atom. The second-order valence-electron chi connectivity index (χ2n) is 4.65. The highest BCUT2D eigenvalue weighted by molar-refractivity contribution is 7.90. The van der Waals surface area contributed by atoms with Crippen LogP contribution in [-0.2, 0) is 10.0 Å². The van der Waals surface area contributed by atoms with Crippen molar-refractivity contribution < 1.29 is 8.42 Å². The summed E-state index contributed by atoms with van der Waals surface area (Å²) in [6.07, 6.45) is 6.17. The topological polar surface area (TPSA) is 46.2 Å². The molecule has 2 atom stereocenters. The van der Waals surface area contributed by atoms with E-state index in [2.05, 4.69) is 11.6 Å². The standard InChI is InChI=1S/C10H19NO2S/c1-2-8-3-4-9(7-8)11-14(12,13)10-5-6-10/h8-11H,2-7H2,1H3. The van der Waals surface area contributed by atoms with Crippen molar-refractivity contribution in [3.05, 3.63) is 0 Å². The van der Waals surface area contributed by atoms with Crippen molar-refractivity contribution in [2.45, 2.75) is 56.7 Å². The molecule has 0 aromatic heterocycles. The molecule has 2 aliphatic carbocycles. The Balaban J connectivity index is 1.86. The Hall–Kier alpha value is -0.0900. The van der Waals surface area contributed by atoms with E-state index in [1.54, 1.807) is 0 Å². The summed E-state index contributed by atoms with van der Waals surface area (Å²) < 4.78 is 26.1. The third-order valence-electron chi connectivity index (χ3n) is 3.41. The fourth-order valence-corrected chi connectivity index (χ4v) is 3.89. The average Bonchev–Trinajstić information content (AvgIpc) is 2.89. The van der Waals surface area contributed by atoms with Crippen molar-refractivity contribution in [2.75, 3.05) is 0 Å². The zero-order chi connectivity index (χ0) is 10.2. The maximum atomic E-state index is 11.6. The normalized spacial score (nSPS) is 33.5. The SMILES string of the molecule is CCC1CCC(NS(=O)(=O)C2CC2)C1. The Labute approximate surface area is 86.3 Å². The maximum Gasteiger partial charge on any atom is 0.214 e. The summed E-state index contributed by atoms with van der Waals surface area (Å²) >= 11 is 0. The van der Waals surface area contributed by atoms with E-state index in [9.17, 15) is 8.42 Å². The predicted octanol–water partition coefficient (Wildman–Crippen LogP) is 1.65. The second-order valence-corrected chi connectivity index (χ2v) is 6.64. The molecule has 2 unspecified atom stereocenters. The monoisotopic (exact) mass is 217 g/mol. The van der Waals surface area contributed by atoms with Crippen LogP contribution in [0.5, 0.6) is 0 Å². The molecule has 0 heterocycles. The van der Waals surface area contributed by atoms with Crippen LogP contribution in [0, 0.1) is 5.92 Å². The highest BCUT2D eigenvalue weighted by atomic mass is 32.2. The van der Waals surface area contributed by atoms with Crippen LogP contribution in [0.2, 0.25) is 0 Å². The molecule has 2 aliphatic rings. The molecule has 0 bridgehead atoms. The van der Waals surface area contributed by atoms with Crippen LogP contribution in [0.4, 0.5) is 0 Å². The maximum absolute atomic E-state index is 11.6. The Bertz CT molecular complexity index is 295. The lowest BCUT2D eigenvalue weighted by molar-refractivity contribution is 0.504. The minimum atomic E-state index is -2.95. The fourth-order valence-electron chi connectivity index (χ4n) is 2.26. The van der Waals surface area contributed by atoms with Gasteiger partial charge in [0.1, 0.15) is 0 Å². The number of rotatable bonds is 4. The van der Waals surface area contributed by atoms with Gasteiger partial charge in [-0.25, -0.2) is 13.1 Å². The van der Waals surface area contributed by atoms with Gasteiger partial charge in [-0.05, 0) is 38.0 Å². The zero-order valence-corrected chi connectivity index (χ0v) is 9.52. The molecule has 0 amide bonds. The van der Waals surface area contributed by atoms with Gasteiger partial charge in [-0.2, -0.15) is 0 Å². The predicted molar refractivity (Wildman–Crippen MR) is 56.5 cm³/mol. The summed E-state index contributed by atoms with van der Waals surface area (Å²) in [6.45, 7) is 2.18. The lowest BCUT2D eigenvalue weighted by atomic mass is 10.1. The first-order valence-electron chi connectivity index (χ1n) is 5.63. The molecule has 0 aromatic carbocycles. The van der Waals surface area contributed by atoms with Crippen LogP contribution in [-0.4, -0.2) is 19.7 Å². The molecule has 2 fully saturated rings. The van der Waals surface area contributed by atoms with Crippen molar-refractivity contribution >= 4 is 10.0 Å². The summed E-state index contributed by atoms with van der Waals surface area (Å²) in [5, 5.41) is -0.0665. The first-order chi connectivity index (χ1) is 6.62. The van der Waals surface area contributed by atoms with Crippen molar-refractivity contribution in [3.8, 4) is 0 Å². The molecule has 0 radical (unpaired) electrons. The molecule has 1 N–H and O–H groups in total. The van der Waals surface area contributed by atoms with E-state index < -0.39 is 10.0 Å². The molecular weight excluding hydrogens is 198 g/mol. The van der Waals surface area contributed by atoms with Gasteiger partial charge in [-0.3, -0.25) is 0 Å². The summed E-state index contributed by atoms with van der Waals surface area (Å²) in [6, 6.07) is 0.227. The van der Waals surface area contributed by atoms with E-state index in [4.69, 9.17) is 0 Å². The van der Waals surface area contributed by atoms with Gasteiger partial charge in [0.15, 0.2) is 0 Å². The lowest BCUT2D eigenvalue weighted by Crippen LogP contribution is -2.35. The molecular formula is C10H19NO2S. The molecule has 0 saturated heterocycles. The quantitative estimate of drug-likeness (QED) is 0.778. The minimum absolute atomic E-state index is 0.0665. The fraction of sp³-hybridized carbons (Fsp3) is 1.00. The van der Waals surface area contributed by atoms with Crippen molar-refractivity contribution in [3.63, 3.8) is 0 Å². The number of nitrogens with one attached hydrogen (secondary N) is 1. The van der Waals surface area contributed by atoms with Crippen LogP contribution in [0.15, 0.2) is 0 Å². The summed E-state index contributed by atoms with van der Waals surface area (Å²) in [5.41, 5.74) is 0. The van der Waals surface area contributed by atoms with Crippen LogP contribution >= 0.6 is 0 Å². The van der Waals surface area contributed by atoms with Gasteiger partial charge in [-0.15, -0.1) is 0 Å². The van der Waals surface area contributed by atoms with Gasteiger partial charge < -0.3 is 0 Å². The van der Waals surface area contributed by atoms with E-state index in [0.717, 1.165) is 31.6 Å². The largest absolute Gasteiger partial charge is 0.214 e. The summed E-state index contributed by atoms with van der Waals surface area (Å²) in [5.74, 6) is 0.738. The number of sulfonamides is 1. The van der Waals surface area contributed by atoms with Gasteiger partial charge in [0.2, 0.25) is 10.0 Å². The molecule has 14 heavy (non-hydrogen) atoms. The van der Waals surface area contributed by atoms with Gasteiger partial charge in [-0.1, -0.05) is 13.3 Å². The highest BCUT2D eigenvalue weighted by Gasteiger charge is 2.38. The molecule has 0 aromatic rings. The third kappa shape index (κ3) is 2.28. The number of hydrogen-bond acceptors (Lipinski definition) is 2. The van der Waals surface area contributed by atoms with E-state index in [1.807, 2.05) is 0 Å². The summed E-state index contributed by atoms with van der Waals surface area (Å²) in [4.78, 5) is 0. The van der Waals surface area contributed by atoms with Crippen LogP contribution in [0.3, 0.4) is 0 Å². The minimum Gasteiger partial charge on any atom is -0.212 e. The van der Waals surface area contributed by atoms with Crippen molar-refractivity contribution in [1.82, 2.24) is 4.72 Å². The molecule has 0 aliphatic heterocycles. The first-order valence-corrected chi connectivity index (χ1v) is 7.17. The average molecular weight is 217 g/mol. The zero-order valence-electron chi connectivity index (χ0n) is 8.70. The smallest absolute Gasteiger partial charge is 0.212 e. The van der Waals surface area contributed by atoms with E-state index in [0.29, 0.717) is 0 Å². The van der Waals surface area contributed by atoms with Crippen LogP contribution in [0.25, 0.3) is 0 Å². The molecule has 2 rings (SSSR count). The van der Waals surface area contributed by atoms with E-state index in [1.165, 1.54) is 12.8 Å². The number of hydrogen-bond donors (Lipinski definition) is 1. The van der Waals surface area contributed by atoms with Crippen LogP contribution < -0.4 is 4.72 Å². The molecule has 3 nitrogen and oxygen atoms in total. The Morgan fingerprint density at radius 2 is 1.93 bits per heavy atom. The van der Waals surface area contributed by atoms with Gasteiger partial charge in [0.25, 0.3) is 0 Å². The van der Waals surface area contributed by atoms with Crippen molar-refractivity contribution in [2.24, 2.45) is 5.92 Å². The third-order valence-corrected chi connectivity index (χ3v) is 5.42.